The first kappa shape index (κ1) is 19.3. The SMILES string of the molecule is CCCn1cc2c(n1)c(N)nc1cccc(CCCc3cc(-c4ccccc4)no3)c12. The molecule has 0 aliphatic carbocycles. The summed E-state index contributed by atoms with van der Waals surface area (Å²) in [4.78, 5) is 4.61. The predicted molar refractivity (Wildman–Crippen MR) is 124 cm³/mol. The van der Waals surface area contributed by atoms with Gasteiger partial charge >= 0.3 is 0 Å². The topological polar surface area (TPSA) is 82.8 Å². The fourth-order valence-corrected chi connectivity index (χ4v) is 4.15. The molecule has 0 atom stereocenters. The van der Waals surface area contributed by atoms with Crippen LogP contribution >= 0.6 is 0 Å². The Morgan fingerprint density at radius 3 is 2.74 bits per heavy atom. The average molecular weight is 412 g/mol. The lowest BCUT2D eigenvalue weighted by Crippen LogP contribution is -1.98. The van der Waals surface area contributed by atoms with Crippen molar-refractivity contribution < 1.29 is 4.52 Å². The van der Waals surface area contributed by atoms with Crippen LogP contribution in [-0.4, -0.2) is 19.9 Å². The third-order valence-corrected chi connectivity index (χ3v) is 5.59. The molecule has 0 aliphatic rings. The van der Waals surface area contributed by atoms with E-state index in [4.69, 9.17) is 10.3 Å². The highest BCUT2D eigenvalue weighted by Gasteiger charge is 2.14. The summed E-state index contributed by atoms with van der Waals surface area (Å²) < 4.78 is 7.54. The first-order valence-electron chi connectivity index (χ1n) is 10.8. The van der Waals surface area contributed by atoms with Crippen molar-refractivity contribution in [2.75, 3.05) is 5.73 Å². The van der Waals surface area contributed by atoms with Crippen molar-refractivity contribution in [2.45, 2.75) is 39.2 Å². The lowest BCUT2D eigenvalue weighted by Gasteiger charge is -2.08. The molecule has 0 spiro atoms. The van der Waals surface area contributed by atoms with E-state index < -0.39 is 0 Å². The Labute approximate surface area is 180 Å². The molecule has 0 radical (unpaired) electrons. The number of rotatable bonds is 7. The first-order valence-corrected chi connectivity index (χ1v) is 10.8. The third kappa shape index (κ3) is 3.77. The molecule has 3 aromatic heterocycles. The van der Waals surface area contributed by atoms with Crippen LogP contribution in [0.3, 0.4) is 0 Å². The van der Waals surface area contributed by atoms with Crippen molar-refractivity contribution in [1.29, 1.82) is 0 Å². The number of hydrogen-bond acceptors (Lipinski definition) is 5. The molecular weight excluding hydrogens is 386 g/mol. The van der Waals surface area contributed by atoms with Gasteiger partial charge in [-0.05, 0) is 30.9 Å². The number of hydrogen-bond donors (Lipinski definition) is 1. The highest BCUT2D eigenvalue weighted by Crippen LogP contribution is 2.30. The van der Waals surface area contributed by atoms with Crippen LogP contribution in [0.5, 0.6) is 0 Å². The largest absolute Gasteiger partial charge is 0.382 e. The summed E-state index contributed by atoms with van der Waals surface area (Å²) in [5.41, 5.74) is 11.1. The van der Waals surface area contributed by atoms with Gasteiger partial charge in [0.05, 0.1) is 5.52 Å². The van der Waals surface area contributed by atoms with E-state index in [2.05, 4.69) is 34.4 Å². The van der Waals surface area contributed by atoms with Crippen LogP contribution in [-0.2, 0) is 19.4 Å². The molecule has 0 fully saturated rings. The number of aromatic nitrogens is 4. The number of pyridine rings is 1. The molecule has 2 aromatic carbocycles. The number of fused-ring (bicyclic) bond motifs is 3. The van der Waals surface area contributed by atoms with Crippen molar-refractivity contribution in [1.82, 2.24) is 19.9 Å². The molecule has 5 rings (SSSR count). The van der Waals surface area contributed by atoms with Crippen LogP contribution in [0.1, 0.15) is 31.1 Å². The van der Waals surface area contributed by atoms with Gasteiger partial charge in [0.2, 0.25) is 0 Å². The lowest BCUT2D eigenvalue weighted by atomic mass is 9.99. The van der Waals surface area contributed by atoms with Crippen LogP contribution in [0.4, 0.5) is 5.82 Å². The van der Waals surface area contributed by atoms with Crippen LogP contribution in [0.2, 0.25) is 0 Å². The van der Waals surface area contributed by atoms with E-state index in [0.29, 0.717) is 5.82 Å². The summed E-state index contributed by atoms with van der Waals surface area (Å²) in [5, 5.41) is 11.1. The van der Waals surface area contributed by atoms with Gasteiger partial charge in [0.1, 0.15) is 17.0 Å². The van der Waals surface area contributed by atoms with Crippen molar-refractivity contribution in [3.8, 4) is 11.3 Å². The van der Waals surface area contributed by atoms with Crippen molar-refractivity contribution in [3.63, 3.8) is 0 Å². The standard InChI is InChI=1S/C25H25N5O/c1-2-14-30-16-20-23-18(11-7-13-21(23)27-25(26)24(20)28-30)10-6-12-19-15-22(29-31-19)17-8-4-3-5-9-17/h3-5,7-9,11,13,15-16H,2,6,10,12,14H2,1H3,(H2,26,27). The van der Waals surface area contributed by atoms with Crippen LogP contribution in [0.15, 0.2) is 65.3 Å². The Balaban J connectivity index is 1.39. The Morgan fingerprint density at radius 2 is 1.90 bits per heavy atom. The lowest BCUT2D eigenvalue weighted by molar-refractivity contribution is 0.382. The number of nitrogen functional groups attached to an aromatic ring is 1. The van der Waals surface area contributed by atoms with Crippen molar-refractivity contribution in [3.05, 3.63) is 72.1 Å². The number of aryl methyl sites for hydroxylation is 3. The Morgan fingerprint density at radius 1 is 1.03 bits per heavy atom. The van der Waals surface area contributed by atoms with E-state index in [1.54, 1.807) is 0 Å². The van der Waals surface area contributed by atoms with Crippen molar-refractivity contribution in [2.24, 2.45) is 0 Å². The zero-order valence-corrected chi connectivity index (χ0v) is 17.6. The fourth-order valence-electron chi connectivity index (χ4n) is 4.15. The number of benzene rings is 2. The number of nitrogens with two attached hydrogens (primary N) is 1. The molecule has 5 aromatic rings. The summed E-state index contributed by atoms with van der Waals surface area (Å²) in [6.45, 7) is 3.01. The maximum Gasteiger partial charge on any atom is 0.152 e. The second kappa shape index (κ2) is 8.22. The molecule has 2 N–H and O–H groups in total. The Hall–Kier alpha value is -3.67. The van der Waals surface area contributed by atoms with E-state index in [0.717, 1.165) is 71.1 Å². The van der Waals surface area contributed by atoms with Gasteiger partial charge in [0.15, 0.2) is 5.82 Å². The van der Waals surface area contributed by atoms with Crippen molar-refractivity contribution >= 4 is 27.6 Å². The molecule has 31 heavy (non-hydrogen) atoms. The van der Waals surface area contributed by atoms with E-state index >= 15 is 0 Å². The molecule has 0 bridgehead atoms. The van der Waals surface area contributed by atoms with Crippen LogP contribution in [0, 0.1) is 0 Å². The van der Waals surface area contributed by atoms with Gasteiger partial charge in [-0.3, -0.25) is 4.68 Å². The van der Waals surface area contributed by atoms with E-state index in [9.17, 15) is 0 Å². The van der Waals surface area contributed by atoms with Gasteiger partial charge in [0.25, 0.3) is 0 Å². The molecule has 0 aliphatic heterocycles. The zero-order valence-electron chi connectivity index (χ0n) is 17.6. The van der Waals surface area contributed by atoms with Gasteiger partial charge in [0, 0.05) is 41.6 Å². The molecule has 3 heterocycles. The zero-order chi connectivity index (χ0) is 21.2. The van der Waals surface area contributed by atoms with E-state index in [1.807, 2.05) is 53.2 Å². The van der Waals surface area contributed by atoms with Gasteiger partial charge in [-0.2, -0.15) is 5.10 Å². The van der Waals surface area contributed by atoms with Crippen LogP contribution in [0.25, 0.3) is 33.1 Å². The quantitative estimate of drug-likeness (QED) is 0.387. The van der Waals surface area contributed by atoms with Gasteiger partial charge < -0.3 is 10.3 Å². The summed E-state index contributed by atoms with van der Waals surface area (Å²) in [6, 6.07) is 18.4. The molecule has 156 valence electrons. The smallest absolute Gasteiger partial charge is 0.152 e. The maximum atomic E-state index is 6.20. The van der Waals surface area contributed by atoms with Gasteiger partial charge in [-0.15, -0.1) is 0 Å². The summed E-state index contributed by atoms with van der Waals surface area (Å²) in [6.07, 6.45) is 5.83. The number of anilines is 1. The minimum absolute atomic E-state index is 0.490. The van der Waals surface area contributed by atoms with Gasteiger partial charge in [-0.1, -0.05) is 54.5 Å². The highest BCUT2D eigenvalue weighted by molar-refractivity contribution is 6.09. The second-order valence-electron chi connectivity index (χ2n) is 7.86. The Bertz CT molecular complexity index is 1340. The molecule has 0 amide bonds. The molecule has 6 heteroatoms. The molecule has 6 nitrogen and oxygen atoms in total. The van der Waals surface area contributed by atoms with Gasteiger partial charge in [-0.25, -0.2) is 4.98 Å². The summed E-state index contributed by atoms with van der Waals surface area (Å²) in [5.74, 6) is 1.40. The second-order valence-corrected chi connectivity index (χ2v) is 7.86. The summed E-state index contributed by atoms with van der Waals surface area (Å²) >= 11 is 0. The first-order chi connectivity index (χ1) is 15.2. The molecule has 0 unspecified atom stereocenters. The minimum atomic E-state index is 0.490. The van der Waals surface area contributed by atoms with Crippen LogP contribution < -0.4 is 5.73 Å². The molecule has 0 saturated carbocycles. The monoisotopic (exact) mass is 411 g/mol. The third-order valence-electron chi connectivity index (χ3n) is 5.59. The molecule has 0 saturated heterocycles. The summed E-state index contributed by atoms with van der Waals surface area (Å²) in [7, 11) is 0. The fraction of sp³-hybridized carbons (Fsp3) is 0.240. The highest BCUT2D eigenvalue weighted by atomic mass is 16.5. The minimum Gasteiger partial charge on any atom is -0.382 e. The van der Waals surface area contributed by atoms with E-state index in [-0.39, 0.29) is 0 Å². The maximum absolute atomic E-state index is 6.20. The average Bonchev–Trinajstić information content (AvgIpc) is 3.42. The predicted octanol–water partition coefficient (Wildman–Crippen LogP) is 5.41. The molecular formula is C25H25N5O. The van der Waals surface area contributed by atoms with E-state index in [1.165, 1.54) is 5.56 Å². The number of nitrogens with zero attached hydrogens (tertiary/aromatic N) is 4. The Kier molecular flexibility index (Phi) is 5.12. The normalized spacial score (nSPS) is 11.5.